The Hall–Kier alpha value is -1.89. The molecule has 0 aliphatic carbocycles. The Morgan fingerprint density at radius 1 is 1.39 bits per heavy atom. The second kappa shape index (κ2) is 4.41. The molecule has 0 unspecified atom stereocenters. The van der Waals surface area contributed by atoms with E-state index in [9.17, 15) is 4.79 Å². The zero-order chi connectivity index (χ0) is 13.4. The van der Waals surface area contributed by atoms with Crippen LogP contribution in [0.3, 0.4) is 0 Å². The highest BCUT2D eigenvalue weighted by Crippen LogP contribution is 2.30. The fourth-order valence-corrected chi connectivity index (χ4v) is 2.39. The lowest BCUT2D eigenvalue weighted by Crippen LogP contribution is -2.03. The van der Waals surface area contributed by atoms with E-state index in [-0.39, 0.29) is 0 Å². The van der Waals surface area contributed by atoms with Gasteiger partial charge in [0.2, 0.25) is 0 Å². The molecule has 0 radical (unpaired) electrons. The molecule has 7 heteroatoms. The molecule has 2 rings (SSSR count). The van der Waals surface area contributed by atoms with E-state index in [1.54, 1.807) is 0 Å². The first-order valence-corrected chi connectivity index (χ1v) is 6.12. The molecule has 0 aliphatic heterocycles. The van der Waals surface area contributed by atoms with Crippen molar-refractivity contribution < 1.29 is 9.53 Å². The second-order valence-corrected chi connectivity index (χ2v) is 4.92. The first-order chi connectivity index (χ1) is 8.45. The van der Waals surface area contributed by atoms with E-state index in [1.165, 1.54) is 7.11 Å². The Bertz CT molecular complexity index is 615. The van der Waals surface area contributed by atoms with E-state index in [2.05, 4.69) is 9.97 Å². The SMILES string of the molecule is COC(=O)c1sc(N)nc1-c1nc(C)c(C)n1C. The van der Waals surface area contributed by atoms with Gasteiger partial charge in [0.25, 0.3) is 0 Å². The van der Waals surface area contributed by atoms with Crippen molar-refractivity contribution in [2.24, 2.45) is 7.05 Å². The van der Waals surface area contributed by atoms with Crippen LogP contribution in [0.4, 0.5) is 5.13 Å². The number of carbonyl (C=O) groups excluding carboxylic acids is 1. The number of hydrogen-bond acceptors (Lipinski definition) is 6. The van der Waals surface area contributed by atoms with Gasteiger partial charge in [-0.25, -0.2) is 14.8 Å². The summed E-state index contributed by atoms with van der Waals surface area (Å²) in [7, 11) is 3.21. The molecule has 0 aromatic carbocycles. The molecule has 2 heterocycles. The van der Waals surface area contributed by atoms with E-state index in [0.717, 1.165) is 22.7 Å². The summed E-state index contributed by atoms with van der Waals surface area (Å²) in [6, 6.07) is 0. The second-order valence-electron chi connectivity index (χ2n) is 3.89. The van der Waals surface area contributed by atoms with E-state index in [0.29, 0.717) is 21.5 Å². The number of nitrogens with zero attached hydrogens (tertiary/aromatic N) is 3. The number of ether oxygens (including phenoxy) is 1. The minimum atomic E-state index is -0.447. The predicted molar refractivity (Wildman–Crippen MR) is 69.5 cm³/mol. The third-order valence-corrected chi connectivity index (χ3v) is 3.71. The lowest BCUT2D eigenvalue weighted by atomic mass is 10.3. The Balaban J connectivity index is 2.63. The van der Waals surface area contributed by atoms with Gasteiger partial charge >= 0.3 is 5.97 Å². The van der Waals surface area contributed by atoms with E-state index in [4.69, 9.17) is 10.5 Å². The number of aromatic nitrogens is 3. The molecule has 6 nitrogen and oxygen atoms in total. The van der Waals surface area contributed by atoms with Crippen molar-refractivity contribution in [3.8, 4) is 11.5 Å². The maximum atomic E-state index is 11.7. The summed E-state index contributed by atoms with van der Waals surface area (Å²) in [5.74, 6) is 0.177. The van der Waals surface area contributed by atoms with Crippen LogP contribution in [0.2, 0.25) is 0 Å². The lowest BCUT2D eigenvalue weighted by molar-refractivity contribution is 0.0607. The summed E-state index contributed by atoms with van der Waals surface area (Å²) < 4.78 is 6.61. The smallest absolute Gasteiger partial charge is 0.350 e. The number of methoxy groups -OCH3 is 1. The van der Waals surface area contributed by atoms with Crippen LogP contribution >= 0.6 is 11.3 Å². The fraction of sp³-hybridized carbons (Fsp3) is 0.364. The van der Waals surface area contributed by atoms with Gasteiger partial charge in [-0.1, -0.05) is 11.3 Å². The van der Waals surface area contributed by atoms with Crippen LogP contribution in [-0.4, -0.2) is 27.6 Å². The van der Waals surface area contributed by atoms with Gasteiger partial charge in [0, 0.05) is 12.7 Å². The minimum Gasteiger partial charge on any atom is -0.465 e. The highest BCUT2D eigenvalue weighted by atomic mass is 32.1. The molecule has 0 bridgehead atoms. The molecule has 0 amide bonds. The molecule has 0 atom stereocenters. The standard InChI is InChI=1S/C11H14N4O2S/c1-5-6(2)15(3)9(13-5)7-8(10(16)17-4)18-11(12)14-7/h1-4H3,(H2,12,14). The summed E-state index contributed by atoms with van der Waals surface area (Å²) in [4.78, 5) is 20.6. The number of thiazole rings is 1. The number of carbonyl (C=O) groups is 1. The van der Waals surface area contributed by atoms with Crippen LogP contribution in [0.5, 0.6) is 0 Å². The molecule has 2 aromatic rings. The largest absolute Gasteiger partial charge is 0.465 e. The molecule has 96 valence electrons. The summed E-state index contributed by atoms with van der Waals surface area (Å²) in [6.07, 6.45) is 0. The van der Waals surface area contributed by atoms with Crippen LogP contribution in [0.25, 0.3) is 11.5 Å². The zero-order valence-corrected chi connectivity index (χ0v) is 11.5. The average molecular weight is 266 g/mol. The van der Waals surface area contributed by atoms with Crippen molar-refractivity contribution >= 4 is 22.4 Å². The number of rotatable bonds is 2. The highest BCUT2D eigenvalue weighted by Gasteiger charge is 2.23. The van der Waals surface area contributed by atoms with Crippen molar-refractivity contribution in [2.45, 2.75) is 13.8 Å². The first kappa shape index (κ1) is 12.6. The molecule has 0 spiro atoms. The Labute approximate surface area is 108 Å². The quantitative estimate of drug-likeness (QED) is 0.833. The van der Waals surface area contributed by atoms with E-state index < -0.39 is 5.97 Å². The molecular formula is C11H14N4O2S. The maximum Gasteiger partial charge on any atom is 0.350 e. The molecule has 2 N–H and O–H groups in total. The van der Waals surface area contributed by atoms with Crippen molar-refractivity contribution in [3.63, 3.8) is 0 Å². The zero-order valence-electron chi connectivity index (χ0n) is 10.6. The number of esters is 1. The average Bonchev–Trinajstić information content (AvgIpc) is 2.84. The summed E-state index contributed by atoms with van der Waals surface area (Å²) in [5.41, 5.74) is 8.06. The number of hydrogen-bond donors (Lipinski definition) is 1. The fourth-order valence-electron chi connectivity index (χ4n) is 1.65. The topological polar surface area (TPSA) is 83.0 Å². The van der Waals surface area contributed by atoms with Crippen molar-refractivity contribution in [2.75, 3.05) is 12.8 Å². The summed E-state index contributed by atoms with van der Waals surface area (Å²) >= 11 is 1.10. The van der Waals surface area contributed by atoms with Crippen LogP contribution in [0, 0.1) is 13.8 Å². The van der Waals surface area contributed by atoms with Crippen LogP contribution in [0.15, 0.2) is 0 Å². The predicted octanol–water partition coefficient (Wildman–Crippen LogP) is 1.53. The Morgan fingerprint density at radius 2 is 2.06 bits per heavy atom. The van der Waals surface area contributed by atoms with Gasteiger partial charge in [0.15, 0.2) is 11.0 Å². The molecular weight excluding hydrogens is 252 g/mol. The van der Waals surface area contributed by atoms with Gasteiger partial charge in [0.05, 0.1) is 12.8 Å². The maximum absolute atomic E-state index is 11.7. The highest BCUT2D eigenvalue weighted by molar-refractivity contribution is 7.17. The molecule has 18 heavy (non-hydrogen) atoms. The minimum absolute atomic E-state index is 0.323. The first-order valence-electron chi connectivity index (χ1n) is 5.30. The van der Waals surface area contributed by atoms with Crippen LogP contribution in [-0.2, 0) is 11.8 Å². The molecule has 2 aromatic heterocycles. The summed E-state index contributed by atoms with van der Waals surface area (Å²) in [5, 5.41) is 0.323. The van der Waals surface area contributed by atoms with Gasteiger partial charge < -0.3 is 15.0 Å². The van der Waals surface area contributed by atoms with Crippen LogP contribution in [0.1, 0.15) is 21.1 Å². The Kier molecular flexibility index (Phi) is 3.08. The number of nitrogens with two attached hydrogens (primary N) is 1. The molecule has 0 saturated carbocycles. The van der Waals surface area contributed by atoms with E-state index >= 15 is 0 Å². The third-order valence-electron chi connectivity index (χ3n) is 2.84. The Morgan fingerprint density at radius 3 is 2.56 bits per heavy atom. The molecule has 0 fully saturated rings. The van der Waals surface area contributed by atoms with Crippen molar-refractivity contribution in [1.82, 2.24) is 14.5 Å². The van der Waals surface area contributed by atoms with Crippen molar-refractivity contribution in [1.29, 1.82) is 0 Å². The number of imidazole rings is 1. The van der Waals surface area contributed by atoms with Gasteiger partial charge in [-0.05, 0) is 13.8 Å². The van der Waals surface area contributed by atoms with Crippen LogP contribution < -0.4 is 5.73 Å². The summed E-state index contributed by atoms with van der Waals surface area (Å²) in [6.45, 7) is 3.87. The van der Waals surface area contributed by atoms with Gasteiger partial charge in [0.1, 0.15) is 10.6 Å². The normalized spacial score (nSPS) is 10.7. The van der Waals surface area contributed by atoms with Gasteiger partial charge in [-0.15, -0.1) is 0 Å². The third kappa shape index (κ3) is 1.86. The number of nitrogen functional groups attached to an aromatic ring is 1. The molecule has 0 saturated heterocycles. The van der Waals surface area contributed by atoms with Crippen molar-refractivity contribution in [3.05, 3.63) is 16.3 Å². The molecule has 0 aliphatic rings. The monoisotopic (exact) mass is 266 g/mol. The van der Waals surface area contributed by atoms with Gasteiger partial charge in [-0.3, -0.25) is 0 Å². The number of anilines is 1. The lowest BCUT2D eigenvalue weighted by Gasteiger charge is -2.02. The van der Waals surface area contributed by atoms with E-state index in [1.807, 2.05) is 25.5 Å². The van der Waals surface area contributed by atoms with Gasteiger partial charge in [-0.2, -0.15) is 0 Å². The number of aryl methyl sites for hydroxylation is 1.